The molecule has 2 aliphatic heterocycles. The molecule has 7 heteroatoms. The molecule has 2 aliphatic rings. The lowest BCUT2D eigenvalue weighted by atomic mass is 9.94. The quantitative estimate of drug-likeness (QED) is 0.599. The van der Waals surface area contributed by atoms with E-state index in [0.717, 1.165) is 66.0 Å². The second-order valence-corrected chi connectivity index (χ2v) is 8.83. The molecule has 0 radical (unpaired) electrons. The van der Waals surface area contributed by atoms with E-state index in [1.165, 1.54) is 5.69 Å². The predicted octanol–water partition coefficient (Wildman–Crippen LogP) is 3.69. The summed E-state index contributed by atoms with van der Waals surface area (Å²) >= 11 is 6.50. The molecule has 0 unspecified atom stereocenters. The summed E-state index contributed by atoms with van der Waals surface area (Å²) in [5, 5.41) is 3.26. The molecule has 0 aliphatic carbocycles. The van der Waals surface area contributed by atoms with Crippen LogP contribution in [-0.2, 0) is 6.42 Å². The van der Waals surface area contributed by atoms with Gasteiger partial charge in [0, 0.05) is 55.1 Å². The number of nitrogen functional groups attached to an aromatic ring is 1. The first-order valence-corrected chi connectivity index (χ1v) is 11.3. The fraction of sp³-hybridized carbons (Fsp3) is 0.280. The Kier molecular flexibility index (Phi) is 5.49. The first-order valence-electron chi connectivity index (χ1n) is 10.9. The Balaban J connectivity index is 1.47. The molecule has 2 aromatic carbocycles. The Bertz CT molecular complexity index is 1170. The lowest BCUT2D eigenvalue weighted by molar-refractivity contribution is 0.0946. The summed E-state index contributed by atoms with van der Waals surface area (Å²) in [6.45, 7) is 4.85. The molecule has 1 saturated heterocycles. The number of fused-ring (bicyclic) bond motifs is 1. The Morgan fingerprint density at radius 3 is 2.41 bits per heavy atom. The summed E-state index contributed by atoms with van der Waals surface area (Å²) in [6, 6.07) is 16.3. The SMILES string of the molecule is CN1CCN(c2ccc(-c3cc(-c4ccc5c(c4)CCNC5=O)c(N)nc3Cl)cc2)CC1. The number of hydrogen-bond acceptors (Lipinski definition) is 5. The van der Waals surface area contributed by atoms with Crippen molar-refractivity contribution in [2.45, 2.75) is 6.42 Å². The molecule has 0 bridgehead atoms. The average molecular weight is 448 g/mol. The van der Waals surface area contributed by atoms with Gasteiger partial charge in [0.25, 0.3) is 5.91 Å². The molecule has 164 valence electrons. The number of pyridine rings is 1. The van der Waals surface area contributed by atoms with Crippen LogP contribution < -0.4 is 16.0 Å². The summed E-state index contributed by atoms with van der Waals surface area (Å²) in [5.74, 6) is 0.356. The lowest BCUT2D eigenvalue weighted by Gasteiger charge is -2.34. The van der Waals surface area contributed by atoms with Crippen molar-refractivity contribution < 1.29 is 4.79 Å². The molecule has 5 rings (SSSR count). The van der Waals surface area contributed by atoms with Crippen LogP contribution in [0.2, 0.25) is 5.15 Å². The predicted molar refractivity (Wildman–Crippen MR) is 130 cm³/mol. The van der Waals surface area contributed by atoms with Gasteiger partial charge in [0.1, 0.15) is 11.0 Å². The van der Waals surface area contributed by atoms with Gasteiger partial charge in [-0.15, -0.1) is 0 Å². The van der Waals surface area contributed by atoms with Gasteiger partial charge >= 0.3 is 0 Å². The number of nitrogens with zero attached hydrogens (tertiary/aromatic N) is 3. The summed E-state index contributed by atoms with van der Waals surface area (Å²) in [6.07, 6.45) is 0.802. The third-order valence-electron chi connectivity index (χ3n) is 6.39. The number of benzene rings is 2. The normalized spacial score (nSPS) is 16.6. The second-order valence-electron chi connectivity index (χ2n) is 8.47. The minimum Gasteiger partial charge on any atom is -0.383 e. The smallest absolute Gasteiger partial charge is 0.251 e. The van der Waals surface area contributed by atoms with Crippen molar-refractivity contribution in [3.8, 4) is 22.3 Å². The fourth-order valence-electron chi connectivity index (χ4n) is 4.45. The maximum Gasteiger partial charge on any atom is 0.251 e. The molecule has 3 heterocycles. The van der Waals surface area contributed by atoms with E-state index in [1.54, 1.807) is 0 Å². The van der Waals surface area contributed by atoms with E-state index >= 15 is 0 Å². The van der Waals surface area contributed by atoms with Crippen LogP contribution in [0.5, 0.6) is 0 Å². The molecule has 1 aromatic heterocycles. The summed E-state index contributed by atoms with van der Waals surface area (Å²) in [5.41, 5.74) is 12.8. The van der Waals surface area contributed by atoms with Gasteiger partial charge in [-0.2, -0.15) is 0 Å². The highest BCUT2D eigenvalue weighted by Crippen LogP contribution is 2.36. The summed E-state index contributed by atoms with van der Waals surface area (Å²) < 4.78 is 0. The number of piperazine rings is 1. The number of carbonyl (C=O) groups is 1. The first-order chi connectivity index (χ1) is 15.5. The minimum atomic E-state index is -0.0267. The van der Waals surface area contributed by atoms with Gasteiger partial charge in [-0.1, -0.05) is 35.9 Å². The zero-order valence-corrected chi connectivity index (χ0v) is 18.8. The Morgan fingerprint density at radius 1 is 0.938 bits per heavy atom. The van der Waals surface area contributed by atoms with Crippen LogP contribution in [0, 0.1) is 0 Å². The van der Waals surface area contributed by atoms with E-state index in [1.807, 2.05) is 24.3 Å². The van der Waals surface area contributed by atoms with Crippen LogP contribution in [0.1, 0.15) is 15.9 Å². The molecule has 6 nitrogen and oxygen atoms in total. The first kappa shape index (κ1) is 20.8. The molecule has 3 N–H and O–H groups in total. The number of carbonyl (C=O) groups excluding carboxylic acids is 1. The molecule has 0 atom stereocenters. The van der Waals surface area contributed by atoms with Crippen LogP contribution in [0.4, 0.5) is 11.5 Å². The van der Waals surface area contributed by atoms with Crippen LogP contribution >= 0.6 is 11.6 Å². The van der Waals surface area contributed by atoms with Gasteiger partial charge in [0.05, 0.1) is 0 Å². The largest absolute Gasteiger partial charge is 0.383 e. The molecule has 0 spiro atoms. The van der Waals surface area contributed by atoms with Crippen molar-refractivity contribution in [2.75, 3.05) is 50.4 Å². The van der Waals surface area contributed by atoms with Crippen LogP contribution in [0.25, 0.3) is 22.3 Å². The van der Waals surface area contributed by atoms with Crippen molar-refractivity contribution in [3.63, 3.8) is 0 Å². The molecule has 32 heavy (non-hydrogen) atoms. The van der Waals surface area contributed by atoms with Crippen LogP contribution in [0.15, 0.2) is 48.5 Å². The zero-order valence-electron chi connectivity index (χ0n) is 18.1. The number of rotatable bonds is 3. The number of nitrogens with one attached hydrogen (secondary N) is 1. The average Bonchev–Trinajstić information content (AvgIpc) is 2.80. The number of nitrogens with two attached hydrogens (primary N) is 1. The van der Waals surface area contributed by atoms with Gasteiger partial charge in [0.2, 0.25) is 0 Å². The summed E-state index contributed by atoms with van der Waals surface area (Å²) in [7, 11) is 2.16. The van der Waals surface area contributed by atoms with Crippen molar-refractivity contribution in [3.05, 3.63) is 64.8 Å². The van der Waals surface area contributed by atoms with E-state index < -0.39 is 0 Å². The molecule has 0 saturated carbocycles. The van der Waals surface area contributed by atoms with Gasteiger partial charge in [-0.25, -0.2) is 4.98 Å². The minimum absolute atomic E-state index is 0.0267. The molecular formula is C25H26ClN5O. The highest BCUT2D eigenvalue weighted by Gasteiger charge is 2.19. The van der Waals surface area contributed by atoms with Crippen molar-refractivity contribution in [1.82, 2.24) is 15.2 Å². The van der Waals surface area contributed by atoms with E-state index in [4.69, 9.17) is 17.3 Å². The molecule has 1 fully saturated rings. The van der Waals surface area contributed by atoms with Crippen molar-refractivity contribution >= 4 is 29.0 Å². The van der Waals surface area contributed by atoms with Gasteiger partial charge in [-0.3, -0.25) is 4.79 Å². The molecular weight excluding hydrogens is 422 g/mol. The number of amides is 1. The monoisotopic (exact) mass is 447 g/mol. The Labute approximate surface area is 193 Å². The zero-order chi connectivity index (χ0) is 22.2. The third kappa shape index (κ3) is 3.92. The van der Waals surface area contributed by atoms with Gasteiger partial charge in [0.15, 0.2) is 0 Å². The third-order valence-corrected chi connectivity index (χ3v) is 6.68. The number of hydrogen-bond donors (Lipinski definition) is 2. The maximum atomic E-state index is 12.1. The number of halogens is 1. The summed E-state index contributed by atoms with van der Waals surface area (Å²) in [4.78, 5) is 21.2. The van der Waals surface area contributed by atoms with E-state index in [-0.39, 0.29) is 5.91 Å². The number of aromatic nitrogens is 1. The van der Waals surface area contributed by atoms with Crippen molar-refractivity contribution in [1.29, 1.82) is 0 Å². The van der Waals surface area contributed by atoms with E-state index in [0.29, 0.717) is 17.5 Å². The maximum absolute atomic E-state index is 12.1. The Morgan fingerprint density at radius 2 is 1.66 bits per heavy atom. The lowest BCUT2D eigenvalue weighted by Crippen LogP contribution is -2.44. The second kappa shape index (κ2) is 8.45. The fourth-order valence-corrected chi connectivity index (χ4v) is 4.70. The van der Waals surface area contributed by atoms with E-state index in [9.17, 15) is 4.79 Å². The van der Waals surface area contributed by atoms with Crippen LogP contribution in [-0.4, -0.2) is 55.6 Å². The van der Waals surface area contributed by atoms with Crippen molar-refractivity contribution in [2.24, 2.45) is 0 Å². The highest BCUT2D eigenvalue weighted by molar-refractivity contribution is 6.32. The van der Waals surface area contributed by atoms with Gasteiger partial charge < -0.3 is 20.9 Å². The topological polar surface area (TPSA) is 74.5 Å². The standard InChI is InChI=1S/C25H26ClN5O/c1-30-10-12-31(13-11-30)19-5-2-16(3-6-19)21-15-22(24(27)29-23(21)26)17-4-7-20-18(14-17)8-9-28-25(20)32/h2-7,14-15H,8-13H2,1H3,(H2,27,29)(H,28,32). The number of anilines is 2. The number of likely N-dealkylation sites (N-methyl/N-ethyl adjacent to an activating group) is 1. The molecule has 1 amide bonds. The Hall–Kier alpha value is -3.09. The van der Waals surface area contributed by atoms with E-state index in [2.05, 4.69) is 51.4 Å². The van der Waals surface area contributed by atoms with Gasteiger partial charge in [-0.05, 0) is 54.4 Å². The molecule has 3 aromatic rings. The van der Waals surface area contributed by atoms with Crippen LogP contribution in [0.3, 0.4) is 0 Å². The highest BCUT2D eigenvalue weighted by atomic mass is 35.5.